The number of rotatable bonds is 13. The highest BCUT2D eigenvalue weighted by molar-refractivity contribution is 5.72. The molecule has 4 aromatic carbocycles. The molecule has 0 N–H and O–H groups in total. The summed E-state index contributed by atoms with van der Waals surface area (Å²) in [4.78, 5) is 39.1. The Kier molecular flexibility index (Phi) is 17.7. The van der Waals surface area contributed by atoms with Crippen LogP contribution in [0.3, 0.4) is 0 Å². The average Bonchev–Trinajstić information content (AvgIpc) is 3.23. The van der Waals surface area contributed by atoms with Crippen molar-refractivity contribution in [2.45, 2.75) is 158 Å². The number of esters is 3. The molecule has 0 radical (unpaired) electrons. The zero-order valence-electron chi connectivity index (χ0n) is 44.4. The Balaban J connectivity index is 1.96. The smallest absolute Gasteiger partial charge is 0.344 e. The molecule has 1 heterocycles. The molecule has 0 spiro atoms. The maximum Gasteiger partial charge on any atom is 0.344 e. The van der Waals surface area contributed by atoms with E-state index in [1.165, 1.54) is 0 Å². The first-order chi connectivity index (χ1) is 32.3. The van der Waals surface area contributed by atoms with Crippen LogP contribution in [0.1, 0.15) is 171 Å². The molecule has 1 aliphatic heterocycles. The highest BCUT2D eigenvalue weighted by Crippen LogP contribution is 2.43. The van der Waals surface area contributed by atoms with Crippen molar-refractivity contribution >= 4 is 17.9 Å². The first-order valence-electron chi connectivity index (χ1n) is 24.4. The topological polar surface area (TPSA) is 125 Å². The molecule has 4 aromatic rings. The van der Waals surface area contributed by atoms with E-state index in [1.54, 1.807) is 27.9 Å². The molecular formula is C58H78O11. The minimum atomic E-state index is -0.499. The van der Waals surface area contributed by atoms with E-state index in [0.29, 0.717) is 42.3 Å². The van der Waals surface area contributed by atoms with Crippen LogP contribution in [0.5, 0.6) is 23.0 Å². The molecule has 11 nitrogen and oxygen atoms in total. The van der Waals surface area contributed by atoms with E-state index >= 15 is 0 Å². The number of carbonyl (C=O) groups is 3. The van der Waals surface area contributed by atoms with Gasteiger partial charge in [-0.25, -0.2) is 14.4 Å². The van der Waals surface area contributed by atoms with Crippen molar-refractivity contribution in [3.63, 3.8) is 0 Å². The van der Waals surface area contributed by atoms with E-state index in [0.717, 1.165) is 66.8 Å². The van der Waals surface area contributed by atoms with Gasteiger partial charge in [0.05, 0.1) is 40.1 Å². The molecule has 11 heteroatoms. The van der Waals surface area contributed by atoms with Gasteiger partial charge in [0.15, 0.2) is 19.8 Å². The lowest BCUT2D eigenvalue weighted by molar-refractivity contribution is -0.146. The van der Waals surface area contributed by atoms with E-state index in [9.17, 15) is 14.4 Å². The third kappa shape index (κ3) is 14.3. The zero-order chi connectivity index (χ0) is 51.1. The Labute approximate surface area is 411 Å². The summed E-state index contributed by atoms with van der Waals surface area (Å²) in [6.07, 6.45) is 1.11. The third-order valence-electron chi connectivity index (χ3n) is 12.2. The number of benzene rings is 4. The lowest BCUT2D eigenvalue weighted by Crippen LogP contribution is -2.20. The Morgan fingerprint density at radius 2 is 0.638 bits per heavy atom. The number of carbonyl (C=O) groups excluding carboxylic acids is 3. The van der Waals surface area contributed by atoms with Crippen molar-refractivity contribution in [3.8, 4) is 23.0 Å². The number of methoxy groups -OCH3 is 1. The van der Waals surface area contributed by atoms with Crippen LogP contribution in [-0.2, 0) is 87.5 Å². The summed E-state index contributed by atoms with van der Waals surface area (Å²) in [7, 11) is 1.70. The molecule has 0 atom stereocenters. The summed E-state index contributed by atoms with van der Waals surface area (Å²) in [5.41, 5.74) is 9.83. The molecule has 0 aliphatic carbocycles. The Morgan fingerprint density at radius 1 is 0.406 bits per heavy atom. The fraction of sp³-hybridized carbons (Fsp3) is 0.534. The molecule has 0 aromatic heterocycles. The van der Waals surface area contributed by atoms with Gasteiger partial charge in [0.2, 0.25) is 0 Å². The molecule has 1 aliphatic rings. The summed E-state index contributed by atoms with van der Waals surface area (Å²) in [5, 5.41) is 0. The monoisotopic (exact) mass is 951 g/mol. The van der Waals surface area contributed by atoms with Crippen molar-refractivity contribution in [2.75, 3.05) is 46.8 Å². The molecule has 0 amide bonds. The predicted octanol–water partition coefficient (Wildman–Crippen LogP) is 11.5. The van der Waals surface area contributed by atoms with Crippen molar-refractivity contribution < 1.29 is 52.3 Å². The van der Waals surface area contributed by atoms with Gasteiger partial charge < -0.3 is 37.9 Å². The summed E-state index contributed by atoms with van der Waals surface area (Å²) in [6, 6.07) is 17.2. The van der Waals surface area contributed by atoms with Crippen molar-refractivity contribution in [3.05, 3.63) is 115 Å². The molecule has 0 saturated carbocycles. The summed E-state index contributed by atoms with van der Waals surface area (Å²) < 4.78 is 49.0. The van der Waals surface area contributed by atoms with E-state index in [-0.39, 0.29) is 74.5 Å². The van der Waals surface area contributed by atoms with Crippen LogP contribution in [-0.4, -0.2) is 64.7 Å². The average molecular weight is 951 g/mol. The van der Waals surface area contributed by atoms with Gasteiger partial charge in [-0.05, 0) is 110 Å². The molecule has 69 heavy (non-hydrogen) atoms. The Morgan fingerprint density at radius 3 is 0.870 bits per heavy atom. The molecule has 5 rings (SSSR count). The van der Waals surface area contributed by atoms with Crippen molar-refractivity contribution in [1.29, 1.82) is 0 Å². The van der Waals surface area contributed by atoms with E-state index in [2.05, 4.69) is 132 Å². The molecule has 8 bridgehead atoms. The van der Waals surface area contributed by atoms with Crippen LogP contribution in [0.15, 0.2) is 48.5 Å². The van der Waals surface area contributed by atoms with Gasteiger partial charge in [0.1, 0.15) is 23.0 Å². The minimum Gasteiger partial charge on any atom is -0.496 e. The van der Waals surface area contributed by atoms with Gasteiger partial charge >= 0.3 is 17.9 Å². The van der Waals surface area contributed by atoms with Gasteiger partial charge in [-0.2, -0.15) is 0 Å². The first-order valence-corrected chi connectivity index (χ1v) is 24.4. The lowest BCUT2D eigenvalue weighted by atomic mass is 9.80. The van der Waals surface area contributed by atoms with E-state index in [4.69, 9.17) is 37.9 Å². The van der Waals surface area contributed by atoms with Crippen LogP contribution < -0.4 is 18.9 Å². The van der Waals surface area contributed by atoms with Gasteiger partial charge in [-0.1, -0.05) is 119 Å². The molecule has 0 saturated heterocycles. The van der Waals surface area contributed by atoms with Gasteiger partial charge in [-0.3, -0.25) is 0 Å². The predicted molar refractivity (Wildman–Crippen MR) is 270 cm³/mol. The largest absolute Gasteiger partial charge is 0.496 e. The fourth-order valence-corrected chi connectivity index (χ4v) is 8.46. The highest BCUT2D eigenvalue weighted by Gasteiger charge is 2.29. The van der Waals surface area contributed by atoms with Crippen LogP contribution in [0, 0.1) is 0 Å². The highest BCUT2D eigenvalue weighted by atomic mass is 16.6. The van der Waals surface area contributed by atoms with Gasteiger partial charge in [-0.15, -0.1) is 0 Å². The fourth-order valence-electron chi connectivity index (χ4n) is 8.46. The second-order valence-corrected chi connectivity index (χ2v) is 22.0. The number of fused-ring (bicyclic) bond motifs is 8. The zero-order valence-corrected chi connectivity index (χ0v) is 44.4. The summed E-state index contributed by atoms with van der Waals surface area (Å²) >= 11 is 0. The molecular weight excluding hydrogens is 873 g/mol. The quantitative estimate of drug-likeness (QED) is 0.0939. The normalized spacial score (nSPS) is 13.4. The lowest BCUT2D eigenvalue weighted by Gasteiger charge is -2.28. The molecule has 376 valence electrons. The second kappa shape index (κ2) is 22.5. The summed E-state index contributed by atoms with van der Waals surface area (Å²) in [5.74, 6) is 0.812. The summed E-state index contributed by atoms with van der Waals surface area (Å²) in [6.45, 7) is 31.3. The molecule has 0 unspecified atom stereocenters. The standard InChI is InChI=1S/C58H78O11/c1-17-64-48(59)33-67-52-38-20-36-23-44(55(4,5)6)24-37(51(36)62-16)21-40-27-46(57(10,11)12)29-42(53(40)68-34-49(60)65-18-2)31-63-32-43-30-47(58(13,14)15)28-41(54(43)69-35-50(61)66-19-3)22-39(52)26-45(25-38)56(7,8)9/h23-30H,17-22,31-35H2,1-16H3. The van der Waals surface area contributed by atoms with Gasteiger partial charge in [0, 0.05) is 30.4 Å². The first kappa shape index (κ1) is 54.4. The maximum atomic E-state index is 13.1. The van der Waals surface area contributed by atoms with Crippen molar-refractivity contribution in [1.82, 2.24) is 0 Å². The molecule has 0 fully saturated rings. The van der Waals surface area contributed by atoms with E-state index in [1.807, 2.05) is 0 Å². The Hall–Kier alpha value is -5.55. The van der Waals surface area contributed by atoms with Crippen LogP contribution in [0.25, 0.3) is 0 Å². The number of ether oxygens (including phenoxy) is 8. The maximum absolute atomic E-state index is 13.1. The minimum absolute atomic E-state index is 0.103. The van der Waals surface area contributed by atoms with E-state index < -0.39 is 17.9 Å². The third-order valence-corrected chi connectivity index (χ3v) is 12.2. The van der Waals surface area contributed by atoms with Crippen LogP contribution in [0.2, 0.25) is 0 Å². The van der Waals surface area contributed by atoms with Gasteiger partial charge in [0.25, 0.3) is 0 Å². The SMILES string of the molecule is CCOC(=O)COc1c2cc(C(C)(C)C)cc1Cc1cc(C(C)(C)C)cc(c1OC)Cc1cc(C(C)(C)C)cc(c1OCC(=O)OCC)Cc1cc(C(C)(C)C)cc(c1OCC(=O)OCC)COC2. The van der Waals surface area contributed by atoms with Crippen LogP contribution >= 0.6 is 0 Å². The van der Waals surface area contributed by atoms with Crippen molar-refractivity contribution in [2.24, 2.45) is 0 Å². The number of hydrogen-bond acceptors (Lipinski definition) is 11. The Bertz CT molecular complexity index is 2470. The second-order valence-electron chi connectivity index (χ2n) is 22.0. The van der Waals surface area contributed by atoms with Crippen LogP contribution in [0.4, 0.5) is 0 Å². The number of hydrogen-bond donors (Lipinski definition) is 0.